The minimum Gasteiger partial charge on any atom is -0.409 e. The number of oxime groups is 1. The van der Waals surface area contributed by atoms with Gasteiger partial charge in [-0.3, -0.25) is 9.00 Å². The van der Waals surface area contributed by atoms with Crippen LogP contribution in [0.1, 0.15) is 19.8 Å². The average Bonchev–Trinajstić information content (AvgIpc) is 3.08. The van der Waals surface area contributed by atoms with Crippen LogP contribution in [-0.2, 0) is 15.6 Å². The Hall–Kier alpha value is -1.11. The predicted octanol–water partition coefficient (Wildman–Crippen LogP) is -0.602. The van der Waals surface area contributed by atoms with Crippen LogP contribution in [0.4, 0.5) is 0 Å². The van der Waals surface area contributed by atoms with Crippen molar-refractivity contribution in [3.63, 3.8) is 0 Å². The normalized spacial score (nSPS) is 20.2. The monoisotopic (exact) mass is 247 g/mol. The van der Waals surface area contributed by atoms with E-state index in [1.54, 1.807) is 0 Å². The number of nitrogens with zero attached hydrogens (tertiary/aromatic N) is 1. The molecular formula is C9H17N3O3S. The summed E-state index contributed by atoms with van der Waals surface area (Å²) in [5, 5.41) is 14.1. The van der Waals surface area contributed by atoms with Gasteiger partial charge in [0.2, 0.25) is 5.91 Å². The third-order valence-electron chi connectivity index (χ3n) is 2.72. The van der Waals surface area contributed by atoms with E-state index in [4.69, 9.17) is 10.9 Å². The molecule has 1 fully saturated rings. The molecule has 1 aliphatic carbocycles. The molecule has 1 atom stereocenters. The summed E-state index contributed by atoms with van der Waals surface area (Å²) in [6.45, 7) is 2.19. The molecule has 92 valence electrons. The lowest BCUT2D eigenvalue weighted by Gasteiger charge is -2.13. The Labute approximate surface area is 96.7 Å². The topological polar surface area (TPSA) is 105 Å². The minimum atomic E-state index is -0.888. The van der Waals surface area contributed by atoms with Gasteiger partial charge in [-0.1, -0.05) is 12.1 Å². The van der Waals surface area contributed by atoms with Crippen molar-refractivity contribution in [2.24, 2.45) is 16.3 Å². The summed E-state index contributed by atoms with van der Waals surface area (Å²) < 4.78 is 11.1. The van der Waals surface area contributed by atoms with E-state index in [-0.39, 0.29) is 11.7 Å². The molecule has 0 aromatic heterocycles. The largest absolute Gasteiger partial charge is 0.409 e. The molecule has 7 heteroatoms. The van der Waals surface area contributed by atoms with Crippen LogP contribution in [0.15, 0.2) is 5.16 Å². The third kappa shape index (κ3) is 2.72. The number of amides is 1. The van der Waals surface area contributed by atoms with Crippen molar-refractivity contribution in [2.45, 2.75) is 19.8 Å². The molecule has 0 saturated heterocycles. The highest BCUT2D eigenvalue weighted by molar-refractivity contribution is 7.84. The Morgan fingerprint density at radius 1 is 1.62 bits per heavy atom. The van der Waals surface area contributed by atoms with Crippen molar-refractivity contribution >= 4 is 22.5 Å². The molecule has 1 unspecified atom stereocenters. The maximum absolute atomic E-state index is 11.7. The smallest absolute Gasteiger partial charge is 0.233 e. The Morgan fingerprint density at radius 3 is 2.69 bits per heavy atom. The summed E-state index contributed by atoms with van der Waals surface area (Å²) >= 11 is 0. The van der Waals surface area contributed by atoms with Gasteiger partial charge in [0.15, 0.2) is 5.84 Å². The molecular weight excluding hydrogens is 230 g/mol. The quantitative estimate of drug-likeness (QED) is 0.252. The number of hydrogen-bond acceptors (Lipinski definition) is 4. The van der Waals surface area contributed by atoms with Gasteiger partial charge in [-0.15, -0.1) is 0 Å². The van der Waals surface area contributed by atoms with Crippen LogP contribution < -0.4 is 11.1 Å². The lowest BCUT2D eigenvalue weighted by molar-refractivity contribution is -0.124. The van der Waals surface area contributed by atoms with Crippen molar-refractivity contribution in [3.05, 3.63) is 0 Å². The van der Waals surface area contributed by atoms with Gasteiger partial charge in [0, 0.05) is 28.9 Å². The molecule has 0 aliphatic heterocycles. The van der Waals surface area contributed by atoms with E-state index < -0.39 is 16.2 Å². The lowest BCUT2D eigenvalue weighted by atomic mass is 10.1. The zero-order chi connectivity index (χ0) is 12.2. The first kappa shape index (κ1) is 13.0. The van der Waals surface area contributed by atoms with Gasteiger partial charge < -0.3 is 16.3 Å². The molecule has 6 nitrogen and oxygen atoms in total. The summed E-state index contributed by atoms with van der Waals surface area (Å²) in [7, 11) is -0.888. The summed E-state index contributed by atoms with van der Waals surface area (Å²) in [6.07, 6.45) is 1.21. The van der Waals surface area contributed by atoms with Crippen molar-refractivity contribution < 1.29 is 14.2 Å². The summed E-state index contributed by atoms with van der Waals surface area (Å²) in [6, 6.07) is 0. The van der Waals surface area contributed by atoms with E-state index in [9.17, 15) is 9.00 Å². The summed E-state index contributed by atoms with van der Waals surface area (Å²) in [5.74, 6) is 0.743. The van der Waals surface area contributed by atoms with Gasteiger partial charge >= 0.3 is 0 Å². The van der Waals surface area contributed by atoms with E-state index in [0.29, 0.717) is 30.9 Å². The van der Waals surface area contributed by atoms with Crippen LogP contribution in [0.25, 0.3) is 0 Å². The Kier molecular flexibility index (Phi) is 4.28. The van der Waals surface area contributed by atoms with Crippen molar-refractivity contribution in [1.29, 1.82) is 0 Å². The van der Waals surface area contributed by atoms with E-state index in [1.807, 2.05) is 6.92 Å². The van der Waals surface area contributed by atoms with Gasteiger partial charge in [0.1, 0.15) is 5.41 Å². The first-order valence-corrected chi connectivity index (χ1v) is 6.67. The Balaban J connectivity index is 2.39. The van der Waals surface area contributed by atoms with Crippen LogP contribution in [-0.4, -0.2) is 39.2 Å². The van der Waals surface area contributed by atoms with E-state index >= 15 is 0 Å². The molecule has 0 bridgehead atoms. The highest BCUT2D eigenvalue weighted by atomic mass is 32.2. The highest BCUT2D eigenvalue weighted by Gasteiger charge is 2.54. The number of nitrogens with two attached hydrogens (primary N) is 1. The Morgan fingerprint density at radius 2 is 2.25 bits per heavy atom. The molecule has 1 rings (SSSR count). The summed E-state index contributed by atoms with van der Waals surface area (Å²) in [5.41, 5.74) is 4.63. The maximum atomic E-state index is 11.7. The number of rotatable bonds is 6. The maximum Gasteiger partial charge on any atom is 0.233 e. The SMILES string of the molecule is CCS(=O)CCNC(=O)C1(C(N)=NO)CC1. The van der Waals surface area contributed by atoms with Crippen LogP contribution in [0, 0.1) is 5.41 Å². The van der Waals surface area contributed by atoms with E-state index in [0.717, 1.165) is 0 Å². The second kappa shape index (κ2) is 5.29. The van der Waals surface area contributed by atoms with Crippen molar-refractivity contribution in [1.82, 2.24) is 5.32 Å². The van der Waals surface area contributed by atoms with Crippen LogP contribution >= 0.6 is 0 Å². The molecule has 1 amide bonds. The van der Waals surface area contributed by atoms with E-state index in [2.05, 4.69) is 10.5 Å². The van der Waals surface area contributed by atoms with E-state index in [1.165, 1.54) is 0 Å². The fourth-order valence-electron chi connectivity index (χ4n) is 1.41. The van der Waals surface area contributed by atoms with Crippen LogP contribution in [0.3, 0.4) is 0 Å². The zero-order valence-corrected chi connectivity index (χ0v) is 10.0. The molecule has 0 aromatic rings. The van der Waals surface area contributed by atoms with Gasteiger partial charge in [-0.25, -0.2) is 0 Å². The number of nitrogens with one attached hydrogen (secondary N) is 1. The second-order valence-electron chi connectivity index (χ2n) is 3.76. The molecule has 0 radical (unpaired) electrons. The van der Waals surface area contributed by atoms with Gasteiger partial charge in [-0.2, -0.15) is 0 Å². The van der Waals surface area contributed by atoms with Crippen LogP contribution in [0.2, 0.25) is 0 Å². The first-order valence-electron chi connectivity index (χ1n) is 5.18. The second-order valence-corrected chi connectivity index (χ2v) is 5.62. The standard InChI is InChI=1S/C9H17N3O3S/c1-2-16(15)6-5-11-8(13)9(3-4-9)7(10)12-14/h14H,2-6H2,1H3,(H2,10,12)(H,11,13). The molecule has 0 aromatic carbocycles. The highest BCUT2D eigenvalue weighted by Crippen LogP contribution is 2.45. The van der Waals surface area contributed by atoms with Crippen LogP contribution in [0.5, 0.6) is 0 Å². The number of carbonyl (C=O) groups is 1. The lowest BCUT2D eigenvalue weighted by Crippen LogP contribution is -2.42. The summed E-state index contributed by atoms with van der Waals surface area (Å²) in [4.78, 5) is 11.7. The van der Waals surface area contributed by atoms with Crippen molar-refractivity contribution in [2.75, 3.05) is 18.1 Å². The van der Waals surface area contributed by atoms with Crippen molar-refractivity contribution in [3.8, 4) is 0 Å². The van der Waals surface area contributed by atoms with Gasteiger partial charge in [0.05, 0.1) is 0 Å². The fraction of sp³-hybridized carbons (Fsp3) is 0.778. The number of amidine groups is 1. The molecule has 1 aliphatic rings. The average molecular weight is 247 g/mol. The molecule has 16 heavy (non-hydrogen) atoms. The molecule has 0 spiro atoms. The molecule has 4 N–H and O–H groups in total. The third-order valence-corrected chi connectivity index (χ3v) is 4.02. The molecule has 0 heterocycles. The fourth-order valence-corrected chi connectivity index (χ4v) is 2.03. The van der Waals surface area contributed by atoms with Gasteiger partial charge in [-0.05, 0) is 12.8 Å². The first-order chi connectivity index (χ1) is 7.56. The number of hydrogen-bond donors (Lipinski definition) is 3. The van der Waals surface area contributed by atoms with Gasteiger partial charge in [0.25, 0.3) is 0 Å². The number of carbonyl (C=O) groups excluding carboxylic acids is 1. The molecule has 1 saturated carbocycles. The zero-order valence-electron chi connectivity index (χ0n) is 9.23. The minimum absolute atomic E-state index is 0.0402. The predicted molar refractivity (Wildman–Crippen MR) is 61.6 cm³/mol. The Bertz CT molecular complexity index is 326.